The number of carbonyl (C=O) groups excluding carboxylic acids is 2. The van der Waals surface area contributed by atoms with E-state index in [0.717, 1.165) is 31.3 Å². The van der Waals surface area contributed by atoms with E-state index in [1.165, 1.54) is 11.1 Å². The van der Waals surface area contributed by atoms with Crippen LogP contribution in [0.3, 0.4) is 0 Å². The van der Waals surface area contributed by atoms with E-state index in [1.54, 1.807) is 0 Å². The van der Waals surface area contributed by atoms with Gasteiger partial charge in [0, 0.05) is 34.7 Å². The zero-order valence-electron chi connectivity index (χ0n) is 21.6. The molecule has 36 heavy (non-hydrogen) atoms. The van der Waals surface area contributed by atoms with Crippen LogP contribution in [0.4, 0.5) is 0 Å². The van der Waals surface area contributed by atoms with E-state index < -0.39 is 23.0 Å². The first-order valence-corrected chi connectivity index (χ1v) is 13.8. The Kier molecular flexibility index (Phi) is 4.47. The van der Waals surface area contributed by atoms with Crippen LogP contribution in [-0.2, 0) is 19.1 Å². The van der Waals surface area contributed by atoms with Crippen LogP contribution in [0.1, 0.15) is 65.7 Å². The van der Waals surface area contributed by atoms with E-state index in [-0.39, 0.29) is 47.3 Å². The highest BCUT2D eigenvalue weighted by molar-refractivity contribution is 5.91. The summed E-state index contributed by atoms with van der Waals surface area (Å²) in [6, 6.07) is 0. The summed E-state index contributed by atoms with van der Waals surface area (Å²) in [6.45, 7) is 14.9. The summed E-state index contributed by atoms with van der Waals surface area (Å²) in [7, 11) is 0. The molecule has 7 aliphatic rings. The van der Waals surface area contributed by atoms with E-state index in [1.807, 2.05) is 0 Å². The van der Waals surface area contributed by atoms with Gasteiger partial charge in [-0.05, 0) is 61.9 Å². The summed E-state index contributed by atoms with van der Waals surface area (Å²) in [6.07, 6.45) is 3.22. The van der Waals surface area contributed by atoms with Crippen molar-refractivity contribution in [3.63, 3.8) is 0 Å². The van der Waals surface area contributed by atoms with Crippen LogP contribution in [0, 0.1) is 45.8 Å². The monoisotopic (exact) mass is 494 g/mol. The standard InChI is InChI=1S/C30H38O6/c1-13-6-22-17(14(2)26(33)35-22)7-20-25(13)16-10-29(20,5)30(11-16)19-8-18-15(3)21(31)9-24(32)28(18,4)12-23(19)36-27(30)34/h13,16-19,21-24,31-32H,2-3,6-12H2,1,4-5H3/t13-,16+,17+,18-,19-,21+,22-,23+,24-,28+,29-,30+/m0/s1. The van der Waals surface area contributed by atoms with Gasteiger partial charge in [0.2, 0.25) is 0 Å². The maximum Gasteiger partial charge on any atom is 0.334 e. The number of aliphatic hydroxyl groups excluding tert-OH is 2. The minimum atomic E-state index is -0.709. The summed E-state index contributed by atoms with van der Waals surface area (Å²) in [5.41, 5.74) is 2.82. The molecule has 0 unspecified atom stereocenters. The minimum absolute atomic E-state index is 0.0213. The molecule has 2 bridgehead atoms. The fourth-order valence-corrected chi connectivity index (χ4v) is 10.5. The van der Waals surface area contributed by atoms with Crippen LogP contribution in [-0.4, -0.2) is 46.6 Å². The number of allylic oxidation sites excluding steroid dienone is 2. The third-order valence-corrected chi connectivity index (χ3v) is 12.3. The fraction of sp³-hybridized carbons (Fsp3) is 0.733. The van der Waals surface area contributed by atoms with Crippen LogP contribution in [0.2, 0.25) is 0 Å². The highest BCUT2D eigenvalue weighted by Gasteiger charge is 2.76. The van der Waals surface area contributed by atoms with Gasteiger partial charge in [0.1, 0.15) is 12.2 Å². The highest BCUT2D eigenvalue weighted by Crippen LogP contribution is 2.76. The lowest BCUT2D eigenvalue weighted by atomic mass is 9.47. The number of aliphatic hydroxyl groups is 2. The first-order valence-electron chi connectivity index (χ1n) is 13.8. The molecule has 1 spiro atoms. The van der Waals surface area contributed by atoms with Crippen LogP contribution in [0.5, 0.6) is 0 Å². The lowest BCUT2D eigenvalue weighted by Crippen LogP contribution is -2.57. The lowest BCUT2D eigenvalue weighted by molar-refractivity contribution is -0.154. The molecule has 0 aromatic carbocycles. The fourth-order valence-electron chi connectivity index (χ4n) is 10.5. The van der Waals surface area contributed by atoms with E-state index in [2.05, 4.69) is 33.9 Å². The van der Waals surface area contributed by atoms with Crippen LogP contribution < -0.4 is 0 Å². The van der Waals surface area contributed by atoms with Crippen molar-refractivity contribution in [3.8, 4) is 0 Å². The molecule has 5 aliphatic carbocycles. The smallest absolute Gasteiger partial charge is 0.334 e. The van der Waals surface area contributed by atoms with E-state index in [0.29, 0.717) is 36.7 Å². The quantitative estimate of drug-likeness (QED) is 0.302. The maximum atomic E-state index is 14.0. The first-order chi connectivity index (χ1) is 16.9. The normalized spacial score (nSPS) is 55.2. The van der Waals surface area contributed by atoms with Crippen molar-refractivity contribution in [1.82, 2.24) is 0 Å². The van der Waals surface area contributed by atoms with Crippen molar-refractivity contribution in [2.24, 2.45) is 45.8 Å². The van der Waals surface area contributed by atoms with Gasteiger partial charge in [-0.1, -0.05) is 45.1 Å². The summed E-state index contributed by atoms with van der Waals surface area (Å²) >= 11 is 0. The first kappa shape index (κ1) is 23.2. The summed E-state index contributed by atoms with van der Waals surface area (Å²) in [5.74, 6) is 0.259. The number of hydrogen-bond acceptors (Lipinski definition) is 6. The summed E-state index contributed by atoms with van der Waals surface area (Å²) < 4.78 is 12.0. The molecule has 2 saturated heterocycles. The van der Waals surface area contributed by atoms with Crippen molar-refractivity contribution in [2.75, 3.05) is 0 Å². The molecule has 5 fully saturated rings. The molecular weight excluding hydrogens is 456 g/mol. The number of ether oxygens (including phenoxy) is 2. The Morgan fingerprint density at radius 2 is 1.72 bits per heavy atom. The molecule has 6 heteroatoms. The molecule has 12 atom stereocenters. The van der Waals surface area contributed by atoms with Gasteiger partial charge < -0.3 is 19.7 Å². The van der Waals surface area contributed by atoms with Crippen molar-refractivity contribution >= 4 is 11.9 Å². The van der Waals surface area contributed by atoms with Gasteiger partial charge >= 0.3 is 11.9 Å². The number of hydrogen-bond donors (Lipinski definition) is 2. The van der Waals surface area contributed by atoms with Gasteiger partial charge in [-0.2, -0.15) is 0 Å². The molecule has 194 valence electrons. The Labute approximate surface area is 212 Å². The highest BCUT2D eigenvalue weighted by atomic mass is 16.6. The molecule has 2 heterocycles. The molecule has 2 N–H and O–H groups in total. The minimum Gasteiger partial charge on any atom is -0.462 e. The largest absolute Gasteiger partial charge is 0.462 e. The second-order valence-electron chi connectivity index (χ2n) is 13.6. The third kappa shape index (κ3) is 2.47. The predicted molar refractivity (Wildman–Crippen MR) is 131 cm³/mol. The van der Waals surface area contributed by atoms with Crippen molar-refractivity contribution in [1.29, 1.82) is 0 Å². The van der Waals surface area contributed by atoms with Crippen molar-refractivity contribution in [2.45, 2.75) is 90.1 Å². The Morgan fingerprint density at radius 1 is 0.972 bits per heavy atom. The molecule has 0 aromatic heterocycles. The summed E-state index contributed by atoms with van der Waals surface area (Å²) in [4.78, 5) is 26.4. The SMILES string of the molecule is C=C1C(=O)O[C@H]2C[C@H](C)C3=C(C[C@H]12)[C@]1(C)C[C@@H]3C[C@@]12C(=O)O[C@@H]1C[C@@]3(C)[C@@H](O)C[C@@H](O)C(=C)[C@@H]3C[C@@H]12. The number of carbonyl (C=O) groups is 2. The zero-order chi connectivity index (χ0) is 25.5. The second kappa shape index (κ2) is 6.93. The van der Waals surface area contributed by atoms with Gasteiger partial charge in [0.25, 0.3) is 0 Å². The van der Waals surface area contributed by atoms with E-state index in [4.69, 9.17) is 9.47 Å². The topological polar surface area (TPSA) is 93.1 Å². The number of fused-ring (bicyclic) bond motifs is 9. The Bertz CT molecular complexity index is 1150. The molecule has 0 radical (unpaired) electrons. The van der Waals surface area contributed by atoms with Gasteiger partial charge in [-0.15, -0.1) is 0 Å². The Hall–Kier alpha value is -1.92. The van der Waals surface area contributed by atoms with Gasteiger partial charge in [-0.25, -0.2) is 4.79 Å². The Balaban J connectivity index is 1.30. The summed E-state index contributed by atoms with van der Waals surface area (Å²) in [5, 5.41) is 21.6. The Morgan fingerprint density at radius 3 is 2.47 bits per heavy atom. The van der Waals surface area contributed by atoms with E-state index >= 15 is 0 Å². The molecule has 6 nitrogen and oxygen atoms in total. The number of rotatable bonds is 0. The van der Waals surface area contributed by atoms with Crippen molar-refractivity contribution in [3.05, 3.63) is 35.5 Å². The molecule has 3 saturated carbocycles. The molecule has 0 aromatic rings. The molecular formula is C30H38O6. The molecule has 7 rings (SSSR count). The lowest BCUT2D eigenvalue weighted by Gasteiger charge is -2.56. The van der Waals surface area contributed by atoms with Crippen LogP contribution >= 0.6 is 0 Å². The van der Waals surface area contributed by atoms with Crippen LogP contribution in [0.25, 0.3) is 0 Å². The van der Waals surface area contributed by atoms with Crippen molar-refractivity contribution < 1.29 is 29.3 Å². The van der Waals surface area contributed by atoms with Gasteiger partial charge in [-0.3, -0.25) is 4.79 Å². The number of esters is 2. The molecule has 2 aliphatic heterocycles. The average Bonchev–Trinajstić information content (AvgIpc) is 3.41. The maximum absolute atomic E-state index is 14.0. The second-order valence-corrected chi connectivity index (χ2v) is 13.6. The zero-order valence-corrected chi connectivity index (χ0v) is 21.6. The predicted octanol–water partition coefficient (Wildman–Crippen LogP) is 3.87. The van der Waals surface area contributed by atoms with Gasteiger partial charge in [0.15, 0.2) is 0 Å². The average molecular weight is 495 g/mol. The third-order valence-electron chi connectivity index (χ3n) is 12.3. The van der Waals surface area contributed by atoms with E-state index in [9.17, 15) is 19.8 Å². The van der Waals surface area contributed by atoms with Gasteiger partial charge in [0.05, 0.1) is 17.6 Å². The van der Waals surface area contributed by atoms with Crippen LogP contribution in [0.15, 0.2) is 35.5 Å². The molecule has 0 amide bonds.